The topological polar surface area (TPSA) is 67.2 Å². The second-order valence-corrected chi connectivity index (χ2v) is 6.53. The Hall–Kier alpha value is -0.810. The molecule has 104 valence electrons. The maximum atomic E-state index is 12.3. The lowest BCUT2D eigenvalue weighted by Crippen LogP contribution is -2.14. The standard InChI is InChI=1S/C8H7F3N4OS3/c9-8(10,11)5-14-15-6(19-5)13-4(16)3-18-7-12-1-2-17-7/h1-3H2,(H,13,15,16). The molecule has 2 rings (SSSR count). The molecule has 1 aromatic rings. The van der Waals surface area contributed by atoms with Gasteiger partial charge in [-0.05, 0) is 0 Å². The van der Waals surface area contributed by atoms with Gasteiger partial charge in [-0.1, -0.05) is 34.9 Å². The van der Waals surface area contributed by atoms with Gasteiger partial charge < -0.3 is 0 Å². The fourth-order valence-electron chi connectivity index (χ4n) is 1.07. The highest BCUT2D eigenvalue weighted by Crippen LogP contribution is 2.33. The summed E-state index contributed by atoms with van der Waals surface area (Å²) in [5.74, 6) is 0.562. The number of halogens is 3. The van der Waals surface area contributed by atoms with Crippen LogP contribution >= 0.6 is 34.9 Å². The fraction of sp³-hybridized carbons (Fsp3) is 0.500. The van der Waals surface area contributed by atoms with E-state index in [1.165, 1.54) is 11.8 Å². The number of thioether (sulfide) groups is 2. The molecule has 1 N–H and O–H groups in total. The molecule has 1 aliphatic heterocycles. The molecule has 0 aromatic carbocycles. The Morgan fingerprint density at radius 1 is 1.42 bits per heavy atom. The van der Waals surface area contributed by atoms with Crippen molar-refractivity contribution in [3.63, 3.8) is 0 Å². The van der Waals surface area contributed by atoms with Crippen molar-refractivity contribution in [1.82, 2.24) is 10.2 Å². The minimum atomic E-state index is -4.54. The van der Waals surface area contributed by atoms with Gasteiger partial charge >= 0.3 is 6.18 Å². The molecule has 0 radical (unpaired) electrons. The van der Waals surface area contributed by atoms with Crippen LogP contribution in [0, 0.1) is 0 Å². The minimum Gasteiger partial charge on any atom is -0.300 e. The molecule has 0 atom stereocenters. The minimum absolute atomic E-state index is 0.0900. The molecule has 5 nitrogen and oxygen atoms in total. The molecule has 2 heterocycles. The average molecular weight is 328 g/mol. The highest BCUT2D eigenvalue weighted by Gasteiger charge is 2.35. The molecular formula is C8H7F3N4OS3. The Balaban J connectivity index is 1.83. The number of anilines is 1. The lowest BCUT2D eigenvalue weighted by Gasteiger charge is -2.00. The van der Waals surface area contributed by atoms with Crippen LogP contribution in [0.15, 0.2) is 4.99 Å². The second kappa shape index (κ2) is 6.09. The van der Waals surface area contributed by atoms with Crippen LogP contribution in [0.2, 0.25) is 0 Å². The van der Waals surface area contributed by atoms with Crippen molar-refractivity contribution >= 4 is 50.3 Å². The first-order chi connectivity index (χ1) is 8.95. The van der Waals surface area contributed by atoms with E-state index in [1.54, 1.807) is 11.8 Å². The number of aliphatic imine (C=N–C) groups is 1. The molecule has 1 amide bonds. The summed E-state index contributed by atoms with van der Waals surface area (Å²) < 4.78 is 37.6. The van der Waals surface area contributed by atoms with Crippen molar-refractivity contribution in [1.29, 1.82) is 0 Å². The monoisotopic (exact) mass is 328 g/mol. The molecule has 11 heteroatoms. The zero-order valence-electron chi connectivity index (χ0n) is 9.23. The highest BCUT2D eigenvalue weighted by molar-refractivity contribution is 8.39. The number of alkyl halides is 3. The van der Waals surface area contributed by atoms with Crippen LogP contribution in [0.1, 0.15) is 5.01 Å². The first-order valence-corrected chi connectivity index (χ1v) is 7.74. The summed E-state index contributed by atoms with van der Waals surface area (Å²) in [7, 11) is 0. The smallest absolute Gasteiger partial charge is 0.300 e. The van der Waals surface area contributed by atoms with Crippen molar-refractivity contribution in [3.8, 4) is 0 Å². The van der Waals surface area contributed by atoms with Gasteiger partial charge in [0.2, 0.25) is 16.0 Å². The molecule has 0 fully saturated rings. The van der Waals surface area contributed by atoms with Gasteiger partial charge in [0.1, 0.15) is 4.38 Å². The van der Waals surface area contributed by atoms with Crippen LogP contribution in [-0.4, -0.2) is 38.5 Å². The van der Waals surface area contributed by atoms with Crippen molar-refractivity contribution in [2.24, 2.45) is 4.99 Å². The van der Waals surface area contributed by atoms with E-state index in [1.807, 2.05) is 0 Å². The number of nitrogens with zero attached hydrogens (tertiary/aromatic N) is 3. The number of hydrogen-bond acceptors (Lipinski definition) is 7. The van der Waals surface area contributed by atoms with E-state index in [2.05, 4.69) is 20.5 Å². The molecule has 0 spiro atoms. The van der Waals surface area contributed by atoms with Gasteiger partial charge in [0.25, 0.3) is 0 Å². The van der Waals surface area contributed by atoms with Crippen LogP contribution in [-0.2, 0) is 11.0 Å². The third kappa shape index (κ3) is 4.35. The Bertz CT molecular complexity index is 502. The van der Waals surface area contributed by atoms with Crippen molar-refractivity contribution in [3.05, 3.63) is 5.01 Å². The number of nitrogens with one attached hydrogen (secondary N) is 1. The van der Waals surface area contributed by atoms with E-state index in [0.717, 1.165) is 16.7 Å². The third-order valence-corrected chi connectivity index (χ3v) is 4.93. The van der Waals surface area contributed by atoms with E-state index >= 15 is 0 Å². The first-order valence-electron chi connectivity index (χ1n) is 4.96. The average Bonchev–Trinajstić information content (AvgIpc) is 2.95. The van der Waals surface area contributed by atoms with Gasteiger partial charge in [0.05, 0.1) is 12.3 Å². The molecule has 1 aliphatic rings. The summed E-state index contributed by atoms with van der Waals surface area (Å²) in [5.41, 5.74) is 0. The van der Waals surface area contributed by atoms with Crippen molar-refractivity contribution in [2.45, 2.75) is 6.18 Å². The Kier molecular flexibility index (Phi) is 4.68. The Morgan fingerprint density at radius 2 is 2.21 bits per heavy atom. The van der Waals surface area contributed by atoms with Gasteiger partial charge in [-0.25, -0.2) is 0 Å². The number of aromatic nitrogens is 2. The van der Waals surface area contributed by atoms with Crippen molar-refractivity contribution < 1.29 is 18.0 Å². The molecular weight excluding hydrogens is 321 g/mol. The van der Waals surface area contributed by atoms with Crippen LogP contribution in [0.5, 0.6) is 0 Å². The summed E-state index contributed by atoms with van der Waals surface area (Å²) in [4.78, 5) is 15.6. The van der Waals surface area contributed by atoms with Crippen LogP contribution in [0.4, 0.5) is 18.3 Å². The predicted octanol–water partition coefficient (Wildman–Crippen LogP) is 2.33. The van der Waals surface area contributed by atoms with Gasteiger partial charge in [-0.3, -0.25) is 15.1 Å². The molecule has 0 bridgehead atoms. The highest BCUT2D eigenvalue weighted by atomic mass is 32.2. The fourth-order valence-corrected chi connectivity index (χ4v) is 3.51. The van der Waals surface area contributed by atoms with Crippen LogP contribution in [0.25, 0.3) is 0 Å². The number of carbonyl (C=O) groups is 1. The molecule has 0 unspecified atom stereocenters. The molecule has 0 aliphatic carbocycles. The Morgan fingerprint density at radius 3 is 2.79 bits per heavy atom. The maximum absolute atomic E-state index is 12.3. The summed E-state index contributed by atoms with van der Waals surface area (Å²) >= 11 is 3.12. The first kappa shape index (κ1) is 14.6. The number of hydrogen-bond donors (Lipinski definition) is 1. The van der Waals surface area contributed by atoms with E-state index in [9.17, 15) is 18.0 Å². The molecule has 1 aromatic heterocycles. The number of amides is 1. The van der Waals surface area contributed by atoms with Gasteiger partial charge in [0, 0.05) is 5.75 Å². The normalized spacial score (nSPS) is 15.4. The Labute approximate surface area is 118 Å². The summed E-state index contributed by atoms with van der Waals surface area (Å²) in [5, 5.41) is 7.29. The SMILES string of the molecule is O=C(CSC1=NCCS1)Nc1nnc(C(F)(F)F)s1. The number of carbonyl (C=O) groups excluding carboxylic acids is 1. The van der Waals surface area contributed by atoms with Gasteiger partial charge in [-0.2, -0.15) is 13.2 Å². The zero-order valence-corrected chi connectivity index (χ0v) is 11.7. The molecule has 19 heavy (non-hydrogen) atoms. The van der Waals surface area contributed by atoms with E-state index in [-0.39, 0.29) is 10.9 Å². The van der Waals surface area contributed by atoms with Crippen LogP contribution < -0.4 is 5.32 Å². The largest absolute Gasteiger partial charge is 0.445 e. The summed E-state index contributed by atoms with van der Waals surface area (Å²) in [6.07, 6.45) is -4.54. The van der Waals surface area contributed by atoms with Gasteiger partial charge in [0.15, 0.2) is 0 Å². The third-order valence-electron chi connectivity index (χ3n) is 1.80. The van der Waals surface area contributed by atoms with Crippen LogP contribution in [0.3, 0.4) is 0 Å². The van der Waals surface area contributed by atoms with E-state index in [4.69, 9.17) is 0 Å². The number of rotatable bonds is 3. The summed E-state index contributed by atoms with van der Waals surface area (Å²) in [6.45, 7) is 0.736. The second-order valence-electron chi connectivity index (χ2n) is 3.24. The van der Waals surface area contributed by atoms with Gasteiger partial charge in [-0.15, -0.1) is 10.2 Å². The lowest BCUT2D eigenvalue weighted by atomic mass is 10.7. The molecule has 0 saturated carbocycles. The predicted molar refractivity (Wildman–Crippen MR) is 70.8 cm³/mol. The van der Waals surface area contributed by atoms with Crippen molar-refractivity contribution in [2.75, 3.05) is 23.4 Å². The lowest BCUT2D eigenvalue weighted by molar-refractivity contribution is -0.138. The quantitative estimate of drug-likeness (QED) is 0.922. The maximum Gasteiger partial charge on any atom is 0.445 e. The zero-order chi connectivity index (χ0) is 13.9. The van der Waals surface area contributed by atoms with E-state index in [0.29, 0.717) is 11.3 Å². The summed E-state index contributed by atoms with van der Waals surface area (Å²) in [6, 6.07) is 0. The van der Waals surface area contributed by atoms with E-state index < -0.39 is 17.1 Å². The molecule has 0 saturated heterocycles.